The molecule has 2 bridgehead atoms. The summed E-state index contributed by atoms with van der Waals surface area (Å²) in [6.45, 7) is 6.82. The summed E-state index contributed by atoms with van der Waals surface area (Å²) in [6.07, 6.45) is 0. The molecule has 0 aliphatic carbocycles. The van der Waals surface area contributed by atoms with Gasteiger partial charge in [-0.1, -0.05) is 11.6 Å². The van der Waals surface area contributed by atoms with E-state index >= 15 is 0 Å². The summed E-state index contributed by atoms with van der Waals surface area (Å²) in [5.41, 5.74) is 0.944. The average molecular weight is 341 g/mol. The Balaban J connectivity index is 0.00000176. The van der Waals surface area contributed by atoms with E-state index in [0.717, 1.165) is 43.8 Å². The second-order valence-electron chi connectivity index (χ2n) is 5.86. The summed E-state index contributed by atoms with van der Waals surface area (Å²) in [5.74, 6) is -0.0379. The molecule has 1 aromatic carbocycles. The lowest BCUT2D eigenvalue weighted by Gasteiger charge is -2.50. The molecule has 4 rings (SSSR count). The molecule has 0 atom stereocenters. The van der Waals surface area contributed by atoms with Gasteiger partial charge in [0.25, 0.3) is 5.91 Å². The molecule has 1 N–H and O–H groups in total. The van der Waals surface area contributed by atoms with Gasteiger partial charge in [-0.3, -0.25) is 9.69 Å². The monoisotopic (exact) mass is 340 g/mol. The van der Waals surface area contributed by atoms with Gasteiger partial charge in [-0.05, 0) is 18.2 Å². The van der Waals surface area contributed by atoms with Gasteiger partial charge in [0.15, 0.2) is 6.54 Å². The Morgan fingerprint density at radius 2 is 1.95 bits per heavy atom. The summed E-state index contributed by atoms with van der Waals surface area (Å²) in [4.78, 5) is 14.8. The highest BCUT2D eigenvalue weighted by Crippen LogP contribution is 2.22. The van der Waals surface area contributed by atoms with E-state index in [2.05, 4.69) is 16.3 Å². The Kier molecular flexibility index (Phi) is 5.30. The minimum absolute atomic E-state index is 0. The Morgan fingerprint density at radius 3 is 2.55 bits per heavy atom. The molecule has 0 spiro atoms. The molecule has 7 heteroatoms. The average Bonchev–Trinajstić information content (AvgIpc) is 2.48. The number of hydrogen-bond donors (Lipinski definition) is 1. The number of quaternary nitrogens is 1. The van der Waals surface area contributed by atoms with Crippen LogP contribution in [0.1, 0.15) is 5.56 Å². The second-order valence-corrected chi connectivity index (χ2v) is 6.30. The molecule has 118 valence electrons. The summed E-state index contributed by atoms with van der Waals surface area (Å²) < 4.78 is 0.866. The summed E-state index contributed by atoms with van der Waals surface area (Å²) in [7, 11) is 0. The van der Waals surface area contributed by atoms with Crippen molar-refractivity contribution in [2.24, 2.45) is 0 Å². The Morgan fingerprint density at radius 1 is 1.32 bits per heavy atom. The highest BCUT2D eigenvalue weighted by molar-refractivity contribution is 6.31. The minimum Gasteiger partial charge on any atom is -1.00 e. The lowest BCUT2D eigenvalue weighted by atomic mass is 10.1. The number of rotatable bonds is 3. The quantitative estimate of drug-likeness (QED) is 0.667. The van der Waals surface area contributed by atoms with Crippen molar-refractivity contribution in [2.75, 3.05) is 51.1 Å². The highest BCUT2D eigenvalue weighted by atomic mass is 35.5. The van der Waals surface area contributed by atoms with Crippen molar-refractivity contribution < 1.29 is 21.7 Å². The summed E-state index contributed by atoms with van der Waals surface area (Å²) in [6, 6.07) is 6.99. The van der Waals surface area contributed by atoms with E-state index in [1.807, 2.05) is 0 Å². The van der Waals surface area contributed by atoms with Crippen LogP contribution in [0.4, 0.5) is 5.69 Å². The van der Waals surface area contributed by atoms with Gasteiger partial charge in [0, 0.05) is 24.7 Å². The number of amides is 1. The smallest absolute Gasteiger partial charge is 0.279 e. The van der Waals surface area contributed by atoms with Gasteiger partial charge >= 0.3 is 0 Å². The molecule has 0 unspecified atom stereocenters. The molecule has 0 aromatic heterocycles. The van der Waals surface area contributed by atoms with E-state index in [1.165, 1.54) is 0 Å². The van der Waals surface area contributed by atoms with Gasteiger partial charge in [-0.25, -0.2) is 0 Å². The van der Waals surface area contributed by atoms with E-state index in [1.54, 1.807) is 18.2 Å². The first-order chi connectivity index (χ1) is 10.1. The number of carbonyl (C=O) groups is 1. The van der Waals surface area contributed by atoms with E-state index in [4.69, 9.17) is 16.9 Å². The number of hydrogen-bond acceptors (Lipinski definition) is 3. The fourth-order valence-corrected chi connectivity index (χ4v) is 3.35. The van der Waals surface area contributed by atoms with Crippen LogP contribution in [0.25, 0.3) is 0 Å². The summed E-state index contributed by atoms with van der Waals surface area (Å²) in [5, 5.41) is 12.5. The molecule has 3 aliphatic rings. The largest absolute Gasteiger partial charge is 1.00 e. The zero-order chi connectivity index (χ0) is 14.9. The number of piperazine rings is 3. The molecule has 3 aliphatic heterocycles. The maximum Gasteiger partial charge on any atom is 0.279 e. The van der Waals surface area contributed by atoms with Crippen LogP contribution in [0.3, 0.4) is 0 Å². The first-order valence-corrected chi connectivity index (χ1v) is 7.55. The standard InChI is InChI=1S/C15H17ClN4O.ClH/c16-13-2-1-12(10-17)14(9-13)18-15(21)11-20-6-3-19(4-7-20)5-8-20;/h1-2,9H,3-8,11H2;1H. The highest BCUT2D eigenvalue weighted by Gasteiger charge is 2.39. The fourth-order valence-electron chi connectivity index (χ4n) is 3.18. The van der Waals surface area contributed by atoms with Crippen molar-refractivity contribution in [3.63, 3.8) is 0 Å². The molecular weight excluding hydrogens is 323 g/mol. The molecule has 3 saturated heterocycles. The van der Waals surface area contributed by atoms with E-state index < -0.39 is 0 Å². The van der Waals surface area contributed by atoms with Crippen LogP contribution in [0.5, 0.6) is 0 Å². The van der Waals surface area contributed by atoms with Gasteiger partial charge in [0.2, 0.25) is 0 Å². The van der Waals surface area contributed by atoms with Crippen LogP contribution in [0.15, 0.2) is 18.2 Å². The van der Waals surface area contributed by atoms with Gasteiger partial charge in [0.1, 0.15) is 6.07 Å². The van der Waals surface area contributed by atoms with Crippen LogP contribution in [-0.4, -0.2) is 61.1 Å². The number of fused-ring (bicyclic) bond motifs is 3. The van der Waals surface area contributed by atoms with E-state index in [-0.39, 0.29) is 18.3 Å². The van der Waals surface area contributed by atoms with Crippen molar-refractivity contribution in [3.8, 4) is 6.07 Å². The minimum atomic E-state index is -0.0379. The number of halogens is 2. The predicted molar refractivity (Wildman–Crippen MR) is 81.0 cm³/mol. The Labute approximate surface area is 141 Å². The predicted octanol–water partition coefficient (Wildman–Crippen LogP) is -1.70. The number of benzene rings is 1. The second kappa shape index (κ2) is 6.84. The van der Waals surface area contributed by atoms with Crippen LogP contribution in [0, 0.1) is 11.3 Å². The number of anilines is 1. The zero-order valence-corrected chi connectivity index (χ0v) is 13.7. The number of nitrogens with one attached hydrogen (secondary N) is 1. The molecule has 3 fully saturated rings. The van der Waals surface area contributed by atoms with Gasteiger partial charge in [-0.15, -0.1) is 0 Å². The lowest BCUT2D eigenvalue weighted by Crippen LogP contribution is -3.00. The van der Waals surface area contributed by atoms with Crippen molar-refractivity contribution in [2.45, 2.75) is 0 Å². The lowest BCUT2D eigenvalue weighted by molar-refractivity contribution is -0.933. The van der Waals surface area contributed by atoms with Crippen LogP contribution in [0.2, 0.25) is 5.02 Å². The first kappa shape index (κ1) is 17.0. The van der Waals surface area contributed by atoms with Gasteiger partial charge in [0.05, 0.1) is 30.9 Å². The Hall–Kier alpha value is -1.32. The summed E-state index contributed by atoms with van der Waals surface area (Å²) >= 11 is 5.94. The molecule has 1 aromatic rings. The maximum atomic E-state index is 12.3. The number of nitriles is 1. The third-order valence-corrected chi connectivity index (χ3v) is 4.76. The molecule has 22 heavy (non-hydrogen) atoms. The molecule has 0 saturated carbocycles. The van der Waals surface area contributed by atoms with Crippen molar-refractivity contribution in [1.29, 1.82) is 5.26 Å². The van der Waals surface area contributed by atoms with Gasteiger partial charge in [-0.2, -0.15) is 5.26 Å². The van der Waals surface area contributed by atoms with Crippen LogP contribution >= 0.6 is 11.6 Å². The zero-order valence-electron chi connectivity index (χ0n) is 12.2. The number of carbonyl (C=O) groups excluding carboxylic acids is 1. The molecular formula is C15H18Cl2N4O. The molecule has 3 heterocycles. The van der Waals surface area contributed by atoms with Crippen molar-refractivity contribution in [3.05, 3.63) is 28.8 Å². The van der Waals surface area contributed by atoms with Crippen LogP contribution < -0.4 is 17.7 Å². The fraction of sp³-hybridized carbons (Fsp3) is 0.467. The third-order valence-electron chi connectivity index (χ3n) is 4.53. The number of nitrogens with zero attached hydrogens (tertiary/aromatic N) is 3. The van der Waals surface area contributed by atoms with E-state index in [0.29, 0.717) is 22.8 Å². The first-order valence-electron chi connectivity index (χ1n) is 7.17. The normalized spacial score (nSPS) is 25.9. The third kappa shape index (κ3) is 3.53. The molecule has 1 amide bonds. The SMILES string of the molecule is N#Cc1ccc(Cl)cc1NC(=O)C[N+]12CCN(CC1)CC2.[Cl-]. The Bertz CT molecular complexity index is 592. The van der Waals surface area contributed by atoms with Crippen molar-refractivity contribution >= 4 is 23.2 Å². The van der Waals surface area contributed by atoms with Crippen LogP contribution in [-0.2, 0) is 4.79 Å². The maximum absolute atomic E-state index is 12.3. The molecule has 0 radical (unpaired) electrons. The topological polar surface area (TPSA) is 56.1 Å². The van der Waals surface area contributed by atoms with Gasteiger partial charge < -0.3 is 22.2 Å². The van der Waals surface area contributed by atoms with Crippen molar-refractivity contribution in [1.82, 2.24) is 4.90 Å². The van der Waals surface area contributed by atoms with E-state index in [9.17, 15) is 4.79 Å². The molecule has 5 nitrogen and oxygen atoms in total.